The van der Waals surface area contributed by atoms with Crippen molar-refractivity contribution in [3.63, 3.8) is 0 Å². The van der Waals surface area contributed by atoms with Crippen LogP contribution >= 0.6 is 0 Å². The maximum absolute atomic E-state index is 11.6. The average Bonchev–Trinajstić information content (AvgIpc) is 2.63. The minimum absolute atomic E-state index is 0.0315. The molecule has 0 fully saturated rings. The van der Waals surface area contributed by atoms with Gasteiger partial charge in [-0.05, 0) is 35.7 Å². The van der Waals surface area contributed by atoms with Crippen molar-refractivity contribution in [2.75, 3.05) is 6.26 Å². The van der Waals surface area contributed by atoms with Gasteiger partial charge in [-0.15, -0.1) is 0 Å². The summed E-state index contributed by atoms with van der Waals surface area (Å²) in [4.78, 5) is 0. The smallest absolute Gasteiger partial charge is 0.236 e. The van der Waals surface area contributed by atoms with Crippen molar-refractivity contribution in [2.24, 2.45) is 0 Å². The van der Waals surface area contributed by atoms with Crippen LogP contribution in [0.1, 0.15) is 17.0 Å². The molecule has 0 N–H and O–H groups in total. The molecule has 0 aliphatic heterocycles. The second kappa shape index (κ2) is 3.11. The number of fused-ring (bicyclic) bond motifs is 2. The molecule has 4 nitrogen and oxygen atoms in total. The van der Waals surface area contributed by atoms with Crippen molar-refractivity contribution in [3.8, 4) is 6.07 Å². The van der Waals surface area contributed by atoms with Crippen molar-refractivity contribution in [2.45, 2.75) is 12.3 Å². The Kier molecular flexibility index (Phi) is 1.90. The minimum Gasteiger partial charge on any atom is -0.245 e. The molecule has 1 unspecified atom stereocenters. The van der Waals surface area contributed by atoms with E-state index in [0.29, 0.717) is 5.52 Å². The van der Waals surface area contributed by atoms with Gasteiger partial charge >= 0.3 is 0 Å². The molecular weight excluding hydrogens is 236 g/mol. The highest BCUT2D eigenvalue weighted by Gasteiger charge is 2.27. The Labute approximate surface area is 99.1 Å². The van der Waals surface area contributed by atoms with Crippen molar-refractivity contribution in [3.05, 3.63) is 35.5 Å². The van der Waals surface area contributed by atoms with Gasteiger partial charge in [0.25, 0.3) is 0 Å². The second-order valence-corrected chi connectivity index (χ2v) is 6.23. The van der Waals surface area contributed by atoms with Gasteiger partial charge < -0.3 is 0 Å². The molecule has 0 bridgehead atoms. The summed E-state index contributed by atoms with van der Waals surface area (Å²) in [5.74, 6) is -0.0315. The third-order valence-corrected chi connectivity index (χ3v) is 4.26. The van der Waals surface area contributed by atoms with Crippen LogP contribution in [0.3, 0.4) is 0 Å². The number of aromatic nitrogens is 1. The number of nitrogens with zero attached hydrogens (tertiary/aromatic N) is 2. The Morgan fingerprint density at radius 3 is 2.88 bits per heavy atom. The quantitative estimate of drug-likeness (QED) is 0.768. The van der Waals surface area contributed by atoms with Gasteiger partial charge in [0.15, 0.2) is 0 Å². The molecule has 0 saturated heterocycles. The molecule has 1 heterocycles. The molecule has 86 valence electrons. The van der Waals surface area contributed by atoms with Crippen molar-refractivity contribution >= 4 is 20.9 Å². The zero-order valence-corrected chi connectivity index (χ0v) is 10.0. The molecule has 17 heavy (non-hydrogen) atoms. The molecule has 2 aromatic rings. The summed E-state index contributed by atoms with van der Waals surface area (Å²) in [6.45, 7) is 0. The van der Waals surface area contributed by atoms with Gasteiger partial charge in [0.2, 0.25) is 10.0 Å². The predicted molar refractivity (Wildman–Crippen MR) is 64.2 cm³/mol. The first-order chi connectivity index (χ1) is 8.00. The molecular formula is C12H10N2O2S. The van der Waals surface area contributed by atoms with Gasteiger partial charge in [-0.25, -0.2) is 12.4 Å². The molecule has 5 heteroatoms. The normalized spacial score (nSPS) is 18.5. The van der Waals surface area contributed by atoms with E-state index in [-0.39, 0.29) is 5.92 Å². The van der Waals surface area contributed by atoms with E-state index in [1.807, 2.05) is 12.1 Å². The molecule has 1 atom stereocenters. The predicted octanol–water partition coefficient (Wildman–Crippen LogP) is 1.61. The van der Waals surface area contributed by atoms with Crippen LogP contribution in [0.4, 0.5) is 0 Å². The van der Waals surface area contributed by atoms with Crippen molar-refractivity contribution < 1.29 is 8.42 Å². The largest absolute Gasteiger partial charge is 0.245 e. The summed E-state index contributed by atoms with van der Waals surface area (Å²) < 4.78 is 24.4. The lowest BCUT2D eigenvalue weighted by Crippen LogP contribution is -2.16. The fraction of sp³-hybridized carbons (Fsp3) is 0.250. The van der Waals surface area contributed by atoms with E-state index in [9.17, 15) is 8.42 Å². The average molecular weight is 246 g/mol. The Morgan fingerprint density at radius 1 is 1.47 bits per heavy atom. The Morgan fingerprint density at radius 2 is 2.24 bits per heavy atom. The van der Waals surface area contributed by atoms with E-state index < -0.39 is 10.0 Å². The summed E-state index contributed by atoms with van der Waals surface area (Å²) in [7, 11) is -3.26. The highest BCUT2D eigenvalue weighted by molar-refractivity contribution is 7.89. The van der Waals surface area contributed by atoms with E-state index in [1.165, 1.54) is 10.2 Å². The topological polar surface area (TPSA) is 62.9 Å². The van der Waals surface area contributed by atoms with Crippen LogP contribution in [-0.2, 0) is 16.4 Å². The number of benzene rings is 1. The first-order valence-electron chi connectivity index (χ1n) is 5.25. The van der Waals surface area contributed by atoms with Gasteiger partial charge in [-0.2, -0.15) is 5.26 Å². The van der Waals surface area contributed by atoms with E-state index in [4.69, 9.17) is 5.26 Å². The number of rotatable bonds is 1. The summed E-state index contributed by atoms with van der Waals surface area (Å²) in [6.07, 6.45) is 3.46. The highest BCUT2D eigenvalue weighted by Crippen LogP contribution is 2.37. The van der Waals surface area contributed by atoms with Crippen LogP contribution in [0.5, 0.6) is 0 Å². The minimum atomic E-state index is -3.26. The number of hydrogen-bond donors (Lipinski definition) is 0. The Bertz CT molecular complexity index is 766. The van der Waals surface area contributed by atoms with E-state index in [0.717, 1.165) is 22.9 Å². The standard InChI is InChI=1S/C12H10N2O2S/c1-17(15,16)14-3-2-8-5-11-9(6-12(8)14)4-10(11)7-13/h2-3,5-6,10H,4H2,1H3. The van der Waals surface area contributed by atoms with Gasteiger partial charge in [0.1, 0.15) is 0 Å². The van der Waals surface area contributed by atoms with Crippen LogP contribution in [0.15, 0.2) is 24.4 Å². The van der Waals surface area contributed by atoms with Crippen molar-refractivity contribution in [1.82, 2.24) is 3.97 Å². The van der Waals surface area contributed by atoms with Crippen LogP contribution < -0.4 is 0 Å². The van der Waals surface area contributed by atoms with Gasteiger partial charge in [0.05, 0.1) is 23.8 Å². The van der Waals surface area contributed by atoms with E-state index >= 15 is 0 Å². The molecule has 0 radical (unpaired) electrons. The van der Waals surface area contributed by atoms with Gasteiger partial charge in [-0.1, -0.05) is 0 Å². The Hall–Kier alpha value is -1.80. The zero-order chi connectivity index (χ0) is 12.2. The molecule has 0 amide bonds. The lowest BCUT2D eigenvalue weighted by Gasteiger charge is -2.24. The molecule has 1 aromatic heterocycles. The molecule has 0 spiro atoms. The first-order valence-corrected chi connectivity index (χ1v) is 7.09. The van der Waals surface area contributed by atoms with Crippen LogP contribution in [0, 0.1) is 11.3 Å². The second-order valence-electron chi connectivity index (χ2n) is 4.37. The monoisotopic (exact) mass is 246 g/mol. The van der Waals surface area contributed by atoms with E-state index in [2.05, 4.69) is 6.07 Å². The first kappa shape index (κ1) is 10.4. The van der Waals surface area contributed by atoms with Crippen LogP contribution in [0.25, 0.3) is 10.9 Å². The SMILES string of the molecule is CS(=O)(=O)n1ccc2cc3c(cc21)CC3C#N. The summed E-state index contributed by atoms with van der Waals surface area (Å²) in [5, 5.41) is 9.76. The molecule has 3 rings (SSSR count). The van der Waals surface area contributed by atoms with Crippen LogP contribution in [0.2, 0.25) is 0 Å². The maximum Gasteiger partial charge on any atom is 0.236 e. The highest BCUT2D eigenvalue weighted by atomic mass is 32.2. The fourth-order valence-electron chi connectivity index (χ4n) is 2.32. The molecule has 1 aliphatic carbocycles. The third-order valence-electron chi connectivity index (χ3n) is 3.23. The van der Waals surface area contributed by atoms with Gasteiger partial charge in [0, 0.05) is 11.6 Å². The molecule has 1 aliphatic rings. The lowest BCUT2D eigenvalue weighted by atomic mass is 9.78. The fourth-order valence-corrected chi connectivity index (χ4v) is 3.12. The summed E-state index contributed by atoms with van der Waals surface area (Å²) in [6, 6.07) is 7.80. The number of nitriles is 1. The molecule has 1 aromatic carbocycles. The number of hydrogen-bond acceptors (Lipinski definition) is 3. The van der Waals surface area contributed by atoms with Crippen LogP contribution in [-0.4, -0.2) is 18.6 Å². The molecule has 0 saturated carbocycles. The van der Waals surface area contributed by atoms with Gasteiger partial charge in [-0.3, -0.25) is 0 Å². The van der Waals surface area contributed by atoms with E-state index in [1.54, 1.807) is 12.3 Å². The Balaban J connectivity index is 2.29. The third kappa shape index (κ3) is 1.38. The van der Waals surface area contributed by atoms with Crippen molar-refractivity contribution in [1.29, 1.82) is 5.26 Å². The lowest BCUT2D eigenvalue weighted by molar-refractivity contribution is 0.595. The zero-order valence-electron chi connectivity index (χ0n) is 9.21. The maximum atomic E-state index is 11.6. The summed E-state index contributed by atoms with van der Waals surface area (Å²) in [5.41, 5.74) is 2.81. The summed E-state index contributed by atoms with van der Waals surface area (Å²) >= 11 is 0.